The Kier molecular flexibility index (Phi) is 6.39. The van der Waals surface area contributed by atoms with Gasteiger partial charge in [-0.25, -0.2) is 0 Å². The van der Waals surface area contributed by atoms with Crippen molar-refractivity contribution in [1.29, 1.82) is 0 Å². The van der Waals surface area contributed by atoms with Gasteiger partial charge in [-0.2, -0.15) is 0 Å². The second-order valence-electron chi connectivity index (χ2n) is 9.00. The van der Waals surface area contributed by atoms with Gasteiger partial charge in [0.2, 0.25) is 5.91 Å². The zero-order chi connectivity index (χ0) is 22.3. The van der Waals surface area contributed by atoms with Crippen molar-refractivity contribution in [3.8, 4) is 0 Å². The average Bonchev–Trinajstić information content (AvgIpc) is 3.10. The van der Waals surface area contributed by atoms with Gasteiger partial charge in [0.1, 0.15) is 5.60 Å². The monoisotopic (exact) mass is 656 g/mol. The van der Waals surface area contributed by atoms with Gasteiger partial charge in [-0.05, 0) is 65.3 Å². The van der Waals surface area contributed by atoms with Crippen molar-refractivity contribution < 1.29 is 14.3 Å². The summed E-state index contributed by atoms with van der Waals surface area (Å²) in [5, 5.41) is 0. The molecule has 2 aliphatic heterocycles. The van der Waals surface area contributed by atoms with Gasteiger partial charge in [0, 0.05) is 41.9 Å². The summed E-state index contributed by atoms with van der Waals surface area (Å²) < 4.78 is 7.34. The fourth-order valence-electron chi connectivity index (χ4n) is 5.41. The molecule has 2 aromatic carbocycles. The number of ether oxygens (including phenoxy) is 1. The molecule has 2 saturated heterocycles. The highest BCUT2D eigenvalue weighted by atomic mass is 127. The van der Waals surface area contributed by atoms with E-state index < -0.39 is 5.60 Å². The molecule has 7 heteroatoms. The number of halogens is 2. The van der Waals surface area contributed by atoms with Crippen molar-refractivity contribution in [3.05, 3.63) is 63.7 Å². The van der Waals surface area contributed by atoms with E-state index in [4.69, 9.17) is 4.74 Å². The van der Waals surface area contributed by atoms with E-state index >= 15 is 0 Å². The Morgan fingerprint density at radius 2 is 1.72 bits per heavy atom. The lowest BCUT2D eigenvalue weighted by Crippen LogP contribution is -2.52. The average molecular weight is 656 g/mol. The van der Waals surface area contributed by atoms with Crippen molar-refractivity contribution in [3.63, 3.8) is 0 Å². The van der Waals surface area contributed by atoms with Gasteiger partial charge < -0.3 is 14.5 Å². The van der Waals surface area contributed by atoms with E-state index in [0.29, 0.717) is 19.5 Å². The summed E-state index contributed by atoms with van der Waals surface area (Å²) >= 11 is 4.73. The molecule has 4 atom stereocenters. The van der Waals surface area contributed by atoms with Crippen LogP contribution in [0.2, 0.25) is 0 Å². The van der Waals surface area contributed by atoms with Crippen LogP contribution < -0.4 is 4.90 Å². The first-order valence-electron chi connectivity index (χ1n) is 11.2. The van der Waals surface area contributed by atoms with Gasteiger partial charge in [-0.15, -0.1) is 0 Å². The van der Waals surface area contributed by atoms with Gasteiger partial charge in [0.25, 0.3) is 0 Å². The van der Waals surface area contributed by atoms with E-state index in [1.165, 1.54) is 14.8 Å². The van der Waals surface area contributed by atoms with E-state index in [1.807, 2.05) is 23.1 Å². The quantitative estimate of drug-likeness (QED) is 0.269. The van der Waals surface area contributed by atoms with Crippen LogP contribution in [-0.4, -0.2) is 48.6 Å². The van der Waals surface area contributed by atoms with E-state index in [-0.39, 0.29) is 27.6 Å². The molecule has 0 radical (unpaired) electrons. The van der Waals surface area contributed by atoms with Gasteiger partial charge in [0.05, 0.1) is 15.8 Å². The SMILES string of the molecule is O=C1O[C@@]2([C@@H](I)c3ccccc3)CC[C@H](C(=O)N3CCN(c4ccc(I)cc4)CC3)[C@@H]1C2. The Bertz CT molecular complexity index is 992. The first-order valence-corrected chi connectivity index (χ1v) is 13.5. The topological polar surface area (TPSA) is 49.9 Å². The lowest BCUT2D eigenvalue weighted by Gasteiger charge is -2.40. The summed E-state index contributed by atoms with van der Waals surface area (Å²) in [7, 11) is 0. The summed E-state index contributed by atoms with van der Waals surface area (Å²) in [5.41, 5.74) is 1.90. The molecule has 5 nitrogen and oxygen atoms in total. The highest BCUT2D eigenvalue weighted by Gasteiger charge is 2.58. The van der Waals surface area contributed by atoms with Crippen molar-refractivity contribution >= 4 is 62.7 Å². The van der Waals surface area contributed by atoms with E-state index in [0.717, 1.165) is 25.9 Å². The maximum atomic E-state index is 13.4. The molecule has 3 aliphatic rings. The van der Waals surface area contributed by atoms with Gasteiger partial charge in [0.15, 0.2) is 0 Å². The fraction of sp³-hybridized carbons (Fsp3) is 0.440. The molecule has 1 saturated carbocycles. The number of piperazine rings is 1. The molecule has 168 valence electrons. The van der Waals surface area contributed by atoms with Gasteiger partial charge >= 0.3 is 5.97 Å². The molecule has 1 aliphatic carbocycles. The molecule has 1 amide bonds. The highest BCUT2D eigenvalue weighted by Crippen LogP contribution is 2.54. The molecule has 0 aromatic heterocycles. The number of carbonyl (C=O) groups excluding carboxylic acids is 2. The Hall–Kier alpha value is -1.36. The summed E-state index contributed by atoms with van der Waals surface area (Å²) in [6.45, 7) is 3.05. The maximum Gasteiger partial charge on any atom is 0.310 e. The van der Waals surface area contributed by atoms with Crippen LogP contribution in [0.4, 0.5) is 5.69 Å². The Morgan fingerprint density at radius 3 is 2.41 bits per heavy atom. The largest absolute Gasteiger partial charge is 0.457 e. The summed E-state index contributed by atoms with van der Waals surface area (Å²) in [5.74, 6) is -0.612. The molecular formula is C25H26I2N2O3. The van der Waals surface area contributed by atoms with Crippen LogP contribution in [0.5, 0.6) is 0 Å². The molecule has 2 aromatic rings. The van der Waals surface area contributed by atoms with Crippen LogP contribution in [0.25, 0.3) is 0 Å². The number of rotatable bonds is 4. The summed E-state index contributed by atoms with van der Waals surface area (Å²) in [4.78, 5) is 30.6. The molecular weight excluding hydrogens is 630 g/mol. The van der Waals surface area contributed by atoms with Crippen LogP contribution in [0.1, 0.15) is 28.8 Å². The van der Waals surface area contributed by atoms with Gasteiger partial charge in [-0.3, -0.25) is 9.59 Å². The number of benzene rings is 2. The Labute approximate surface area is 216 Å². The van der Waals surface area contributed by atoms with Crippen LogP contribution in [0.15, 0.2) is 54.6 Å². The van der Waals surface area contributed by atoms with Crippen LogP contribution in [0.3, 0.4) is 0 Å². The second kappa shape index (κ2) is 9.12. The third kappa shape index (κ3) is 4.15. The molecule has 2 bridgehead atoms. The Balaban J connectivity index is 1.24. The minimum Gasteiger partial charge on any atom is -0.457 e. The minimum atomic E-state index is -0.482. The number of nitrogens with zero attached hydrogens (tertiary/aromatic N) is 2. The number of amides is 1. The normalized spacial score (nSPS) is 28.4. The van der Waals surface area contributed by atoms with Crippen molar-refractivity contribution in [1.82, 2.24) is 4.90 Å². The number of anilines is 1. The van der Waals surface area contributed by atoms with E-state index in [9.17, 15) is 9.59 Å². The van der Waals surface area contributed by atoms with Crippen LogP contribution in [0, 0.1) is 15.4 Å². The lowest BCUT2D eigenvalue weighted by molar-refractivity contribution is -0.151. The predicted molar refractivity (Wildman–Crippen MR) is 141 cm³/mol. The third-order valence-corrected chi connectivity index (χ3v) is 9.76. The molecule has 0 spiro atoms. The van der Waals surface area contributed by atoms with Crippen molar-refractivity contribution in [2.75, 3.05) is 31.1 Å². The Morgan fingerprint density at radius 1 is 1.03 bits per heavy atom. The minimum absolute atomic E-state index is 0.101. The van der Waals surface area contributed by atoms with Crippen LogP contribution >= 0.6 is 45.2 Å². The molecule has 2 heterocycles. The van der Waals surface area contributed by atoms with Gasteiger partial charge in [-0.1, -0.05) is 52.9 Å². The third-order valence-electron chi connectivity index (χ3n) is 7.19. The maximum absolute atomic E-state index is 13.4. The number of fused-ring (bicyclic) bond motifs is 2. The standard InChI is InChI=1S/C25H26I2N2O3/c26-18-6-8-19(9-7-18)28-12-14-29(15-13-28)23(30)20-10-11-25(16-21(20)24(31)32-25)22(27)17-4-2-1-3-5-17/h1-9,20-22H,10-16H2/t20-,21-,22-,25-/m0/s1. The number of carbonyl (C=O) groups is 2. The zero-order valence-electron chi connectivity index (χ0n) is 17.8. The first kappa shape index (κ1) is 22.4. The fourth-order valence-corrected chi connectivity index (χ4v) is 6.88. The van der Waals surface area contributed by atoms with Crippen molar-refractivity contribution in [2.45, 2.75) is 28.8 Å². The smallest absolute Gasteiger partial charge is 0.310 e. The number of hydrogen-bond acceptors (Lipinski definition) is 4. The zero-order valence-corrected chi connectivity index (χ0v) is 22.1. The number of alkyl halides is 1. The number of hydrogen-bond donors (Lipinski definition) is 0. The first-order chi connectivity index (χ1) is 15.5. The predicted octanol–water partition coefficient (Wildman–Crippen LogP) is 4.83. The summed E-state index contributed by atoms with van der Waals surface area (Å²) in [6.07, 6.45) is 2.11. The lowest BCUT2D eigenvalue weighted by atomic mass is 9.71. The molecule has 5 rings (SSSR count). The van der Waals surface area contributed by atoms with E-state index in [1.54, 1.807) is 0 Å². The van der Waals surface area contributed by atoms with Crippen molar-refractivity contribution in [2.24, 2.45) is 11.8 Å². The summed E-state index contributed by atoms with van der Waals surface area (Å²) in [6, 6.07) is 18.8. The number of esters is 1. The molecule has 0 N–H and O–H groups in total. The molecule has 0 unspecified atom stereocenters. The van der Waals surface area contributed by atoms with Crippen LogP contribution in [-0.2, 0) is 14.3 Å². The second-order valence-corrected chi connectivity index (χ2v) is 11.5. The molecule has 3 fully saturated rings. The van der Waals surface area contributed by atoms with E-state index in [2.05, 4.69) is 86.5 Å². The highest BCUT2D eigenvalue weighted by molar-refractivity contribution is 14.1. The molecule has 32 heavy (non-hydrogen) atoms.